The van der Waals surface area contributed by atoms with Gasteiger partial charge in [0.15, 0.2) is 22.3 Å². The Morgan fingerprint density at radius 3 is 1.34 bits per heavy atom. The maximum Gasteiger partial charge on any atom is 0.340 e. The molecule has 0 saturated heterocycles. The molecule has 0 bridgehead atoms. The molecule has 130 heavy (non-hydrogen) atoms. The van der Waals surface area contributed by atoms with E-state index in [9.17, 15) is 34.2 Å². The zero-order valence-corrected chi connectivity index (χ0v) is 79.8. The lowest BCUT2D eigenvalue weighted by atomic mass is 9.75. The minimum absolute atomic E-state index is 0.0167. The Bertz CT molecular complexity index is 5320. The number of fused-ring (bicyclic) bond motifs is 8. The van der Waals surface area contributed by atoms with Crippen molar-refractivity contribution in [3.8, 4) is 34.4 Å². The number of hydrogen-bond acceptors (Lipinski definition) is 25. The van der Waals surface area contributed by atoms with Gasteiger partial charge in [-0.25, -0.2) is 14.2 Å². The van der Waals surface area contributed by atoms with Crippen LogP contribution in [0.5, 0.6) is 23.0 Å². The van der Waals surface area contributed by atoms with Crippen LogP contribution in [0, 0.1) is 31.8 Å². The number of phenolic OH excluding ortho intramolecular Hbond substituents is 2. The second-order valence-electron chi connectivity index (χ2n) is 33.7. The van der Waals surface area contributed by atoms with Crippen LogP contribution in [0.3, 0.4) is 0 Å². The van der Waals surface area contributed by atoms with Gasteiger partial charge in [0.05, 0.1) is 168 Å². The molecule has 0 atom stereocenters. The Balaban J connectivity index is 0.000000259. The number of nitrogens with one attached hydrogen (secondary N) is 4. The Morgan fingerprint density at radius 2 is 0.900 bits per heavy atom. The predicted molar refractivity (Wildman–Crippen MR) is 515 cm³/mol. The van der Waals surface area contributed by atoms with Crippen LogP contribution in [-0.2, 0) is 83.6 Å². The van der Waals surface area contributed by atoms with Gasteiger partial charge in [-0.15, -0.1) is 0 Å². The van der Waals surface area contributed by atoms with Gasteiger partial charge in [-0.1, -0.05) is 58.0 Å². The largest absolute Gasteiger partial charge is 0.508 e. The summed E-state index contributed by atoms with van der Waals surface area (Å²) in [5, 5.41) is 43.9. The molecule has 2 aromatic heterocycles. The van der Waals surface area contributed by atoms with E-state index in [1.54, 1.807) is 36.4 Å². The van der Waals surface area contributed by atoms with Crippen molar-refractivity contribution in [1.29, 1.82) is 0 Å². The maximum atomic E-state index is 13.8. The van der Waals surface area contributed by atoms with Gasteiger partial charge in [-0.2, -0.15) is 10.2 Å². The van der Waals surface area contributed by atoms with E-state index in [-0.39, 0.29) is 33.9 Å². The summed E-state index contributed by atoms with van der Waals surface area (Å²) in [5.41, 5.74) is 22.9. The Morgan fingerprint density at radius 1 is 0.492 bits per heavy atom. The van der Waals surface area contributed by atoms with Gasteiger partial charge < -0.3 is 105 Å². The molecular weight excluding hydrogens is 1910 g/mol. The fourth-order valence-electron chi connectivity index (χ4n) is 16.1. The minimum Gasteiger partial charge on any atom is -0.508 e. The van der Waals surface area contributed by atoms with Crippen molar-refractivity contribution in [2.75, 3.05) is 174 Å². The molecule has 4 aliphatic rings. The van der Waals surface area contributed by atoms with Crippen molar-refractivity contribution in [3.05, 3.63) is 225 Å². The monoisotopic (exact) mass is 2030 g/mol. The number of esters is 1. The average molecular weight is 2030 g/mol. The fraction of sp³-hybridized carbons (Fsp3) is 0.443. The molecule has 30 nitrogen and oxygen atoms in total. The number of amides is 2. The first-order chi connectivity index (χ1) is 62.7. The van der Waals surface area contributed by atoms with Crippen LogP contribution in [0.4, 0.5) is 17.1 Å². The summed E-state index contributed by atoms with van der Waals surface area (Å²) in [6.45, 7) is 25.9. The number of aromatic hydroxyl groups is 2. The molecule has 4 heterocycles. The summed E-state index contributed by atoms with van der Waals surface area (Å²) < 4.78 is 75.1. The van der Waals surface area contributed by atoms with E-state index in [0.717, 1.165) is 76.4 Å². The number of anilines is 3. The second-order valence-corrected chi connectivity index (χ2v) is 36.6. The number of rotatable bonds is 51. The van der Waals surface area contributed by atoms with E-state index in [1.807, 2.05) is 65.7 Å². The average Bonchev–Trinajstić information content (AvgIpc) is 1.50. The first-order valence-corrected chi connectivity index (χ1v) is 46.7. The molecule has 696 valence electrons. The number of nitrogens with two attached hydrogens (primary N) is 2. The van der Waals surface area contributed by atoms with Gasteiger partial charge >= 0.3 is 5.97 Å². The molecule has 33 heteroatoms. The van der Waals surface area contributed by atoms with Crippen LogP contribution < -0.4 is 37.5 Å². The van der Waals surface area contributed by atoms with Crippen LogP contribution in [0.2, 0.25) is 0 Å². The number of hydrogen-bond donors (Lipinski definition) is 8. The molecule has 0 unspecified atom stereocenters. The molecule has 2 amide bonds. The van der Waals surface area contributed by atoms with Crippen LogP contribution in [0.25, 0.3) is 11.4 Å². The lowest BCUT2D eigenvalue weighted by molar-refractivity contribution is -0.0113. The smallest absolute Gasteiger partial charge is 0.340 e. The second kappa shape index (κ2) is 48.7. The van der Waals surface area contributed by atoms with Crippen LogP contribution >= 0.6 is 57.4 Å². The number of thiocarbonyl (C=S) groups is 1. The van der Waals surface area contributed by atoms with E-state index >= 15 is 0 Å². The van der Waals surface area contributed by atoms with Crippen LogP contribution in [0.15, 0.2) is 140 Å². The molecule has 0 saturated carbocycles. The third-order valence-corrected chi connectivity index (χ3v) is 23.9. The molecule has 13 rings (SSSR count). The number of benzene rings is 7. The number of ether oxygens (including phenoxy) is 12. The number of halogens is 2. The summed E-state index contributed by atoms with van der Waals surface area (Å²) in [5.74, 6) is -0.776. The number of carbonyl (C=O) groups is 5. The number of Topliss-reactive ketones (excluding diaryl/α,β-unsaturated/α-hetero) is 2. The summed E-state index contributed by atoms with van der Waals surface area (Å²) in [6, 6.07) is 42.2. The Kier molecular flexibility index (Phi) is 37.3. The molecule has 0 radical (unpaired) electrons. The highest BCUT2D eigenvalue weighted by atomic mass is 127. The lowest BCUT2D eigenvalue weighted by Gasteiger charge is -2.36. The fourth-order valence-corrected chi connectivity index (χ4v) is 17.6. The lowest BCUT2D eigenvalue weighted by Crippen LogP contribution is -2.35. The van der Waals surface area contributed by atoms with E-state index in [1.165, 1.54) is 33.4 Å². The molecule has 2 aliphatic carbocycles. The molecular formula is C97H119I2N11O19S. The summed E-state index contributed by atoms with van der Waals surface area (Å²) in [7, 11) is 0. The van der Waals surface area contributed by atoms with E-state index in [2.05, 4.69) is 135 Å². The number of nitrogens with zero attached hydrogens (tertiary/aromatic N) is 5. The topological polar surface area (TPSA) is 376 Å². The molecule has 2 aliphatic heterocycles. The first-order valence-electron chi connectivity index (χ1n) is 44.1. The summed E-state index contributed by atoms with van der Waals surface area (Å²) in [6.07, 6.45) is 5.51. The number of phenols is 2. The molecule has 9 aromatic rings. The van der Waals surface area contributed by atoms with Gasteiger partial charge in [0.2, 0.25) is 0 Å². The third kappa shape index (κ3) is 27.8. The van der Waals surface area contributed by atoms with Gasteiger partial charge in [-0.3, -0.25) is 19.2 Å². The van der Waals surface area contributed by atoms with Crippen molar-refractivity contribution in [3.63, 3.8) is 0 Å². The van der Waals surface area contributed by atoms with Crippen molar-refractivity contribution in [1.82, 2.24) is 29.8 Å². The normalized spacial score (nSPS) is 14.2. The molecule has 10 N–H and O–H groups in total. The summed E-state index contributed by atoms with van der Waals surface area (Å²) in [4.78, 5) is 66.0. The molecule has 1 spiro atoms. The maximum absolute atomic E-state index is 13.8. The summed E-state index contributed by atoms with van der Waals surface area (Å²) >= 11 is 10.6. The standard InChI is InChI=1S/C59H65IN6O12S.C38H54IN5O7/c1-37-54-50(34-58(2,3)35-51(54)69)66(64-37)41-10-13-44(55(61)70)49(31-41)62-17-5-19-72-21-23-74-25-27-76-28-26-75-24-22-73-20-6-18-65(36-38-7-4-8-39(60)29-38)57(79)63-40-9-14-46-45(30-40)56(71)78-59(46)47-15-11-42(67)32-52(47)77-53-33-43(68)12-16-48(53)59;1-28-36-34(25-38(2,3)26-35(36)45)44(43-28)31-9-10-32(37(40)46)33(24-31)42-12-6-14-48-16-18-50-20-22-51-21-19-49-17-15-47-13-5-11-41-27-29-7-4-8-30(39)23-29/h4,7-16,29-33,62,67-68H,5-6,17-28,34-36H2,1-3H3,(H2,61,70)(H,63,79);4,7-10,23-24,41-42H,5-6,11-22,25-27H2,1-3H3,(H2,40,46). The molecule has 7 aromatic carbocycles. The number of carbonyl (C=O) groups excluding carboxylic acids is 5. The van der Waals surface area contributed by atoms with Crippen molar-refractivity contribution < 1.29 is 91.0 Å². The van der Waals surface area contributed by atoms with E-state index < -0.39 is 23.4 Å². The van der Waals surface area contributed by atoms with E-state index in [0.29, 0.717) is 268 Å². The Hall–Kier alpha value is -9.58. The first kappa shape index (κ1) is 99.4. The molecule has 0 fully saturated rings. The van der Waals surface area contributed by atoms with Crippen LogP contribution in [-0.4, -0.2) is 227 Å². The highest BCUT2D eigenvalue weighted by molar-refractivity contribution is 14.1. The third-order valence-electron chi connectivity index (χ3n) is 22.2. The number of aryl methyl sites for hydroxylation is 2. The van der Waals surface area contributed by atoms with Crippen molar-refractivity contribution >= 4 is 109 Å². The zero-order chi connectivity index (χ0) is 92.2. The Labute approximate surface area is 791 Å². The van der Waals surface area contributed by atoms with E-state index in [4.69, 9.17) is 90.7 Å². The van der Waals surface area contributed by atoms with Crippen molar-refractivity contribution in [2.24, 2.45) is 22.3 Å². The predicted octanol–water partition coefficient (Wildman–Crippen LogP) is 14.3. The number of ketones is 2. The van der Waals surface area contributed by atoms with Crippen LogP contribution in [0.1, 0.15) is 169 Å². The SMILES string of the molecule is Cc1nn(-c2ccc(C(N)=O)c(NCCCOCCOCCOCCOCCOCCCN(Cc3cccc(I)c3)C(=S)Nc3ccc4c(c3)C(=O)OC43c4ccc(O)cc4Oc4cc(O)ccc43)c2)c2c1C(=O)CC(C)(C)C2.Cc1nn(-c2ccc(C(N)=O)c(NCCCOCCOCCOCCOCCOCCCNCc3cccc(I)c3)c2)c2c1C(=O)CC(C)(C)C2. The minimum atomic E-state index is -1.37. The van der Waals surface area contributed by atoms with Crippen molar-refractivity contribution in [2.45, 2.75) is 112 Å². The quantitative estimate of drug-likeness (QED) is 0.00759. The zero-order valence-electron chi connectivity index (χ0n) is 74.7. The number of aromatic nitrogens is 4. The van der Waals surface area contributed by atoms with Gasteiger partial charge in [0.25, 0.3) is 11.8 Å². The van der Waals surface area contributed by atoms with Gasteiger partial charge in [0, 0.05) is 125 Å². The van der Waals surface area contributed by atoms with Gasteiger partial charge in [0.1, 0.15) is 23.0 Å². The number of primary amides is 2. The highest BCUT2D eigenvalue weighted by Crippen LogP contribution is 2.57. The van der Waals surface area contributed by atoms with Gasteiger partial charge in [-0.05, 0) is 235 Å². The highest BCUT2D eigenvalue weighted by Gasteiger charge is 2.54.